The molecule has 1 unspecified atom stereocenters. The van der Waals surface area contributed by atoms with Crippen LogP contribution in [-0.4, -0.2) is 17.3 Å². The molecular weight excluding hydrogens is 106 g/mol. The van der Waals surface area contributed by atoms with Gasteiger partial charge in [0.25, 0.3) is 0 Å². The molecule has 0 aliphatic heterocycles. The molecule has 0 aliphatic carbocycles. The summed E-state index contributed by atoms with van der Waals surface area (Å²) in [6.45, 7) is 0. The first kappa shape index (κ1) is 6.18. The fraction of sp³-hybridized carbons (Fsp3) is 1.00. The van der Waals surface area contributed by atoms with Crippen molar-refractivity contribution < 1.29 is 9.50 Å². The summed E-state index contributed by atoms with van der Waals surface area (Å²) in [7, 11) is 0. The Bertz CT molecular complexity index is 32.0. The van der Waals surface area contributed by atoms with E-state index in [0.29, 0.717) is 0 Å². The Kier molecular flexibility index (Phi) is 3.47. The molecule has 0 rings (SSSR count). The molecule has 1 N–H and O–H groups in total. The van der Waals surface area contributed by atoms with E-state index in [9.17, 15) is 4.39 Å². The van der Waals surface area contributed by atoms with Crippen LogP contribution in [-0.2, 0) is 0 Å². The van der Waals surface area contributed by atoms with E-state index in [0.717, 1.165) is 0 Å². The quantitative estimate of drug-likeness (QED) is 0.527. The van der Waals surface area contributed by atoms with E-state index in [4.69, 9.17) is 16.7 Å². The van der Waals surface area contributed by atoms with E-state index in [1.54, 1.807) is 0 Å². The number of rotatable bonds is 2. The van der Waals surface area contributed by atoms with Crippen LogP contribution in [0.1, 0.15) is 6.42 Å². The highest BCUT2D eigenvalue weighted by molar-refractivity contribution is 6.17. The number of halogens is 2. The third-order valence-electron chi connectivity index (χ3n) is 0.347. The second kappa shape index (κ2) is 3.37. The van der Waals surface area contributed by atoms with Crippen molar-refractivity contribution in [3.8, 4) is 0 Å². The molecule has 6 heavy (non-hydrogen) atoms. The van der Waals surface area contributed by atoms with Gasteiger partial charge in [-0.2, -0.15) is 0 Å². The minimum atomic E-state index is -1.73. The monoisotopic (exact) mass is 112 g/mol. The summed E-state index contributed by atoms with van der Waals surface area (Å²) in [5.41, 5.74) is 0. The molecule has 0 aromatic heterocycles. The van der Waals surface area contributed by atoms with E-state index in [-0.39, 0.29) is 12.3 Å². The van der Waals surface area contributed by atoms with Crippen LogP contribution < -0.4 is 0 Å². The van der Waals surface area contributed by atoms with Gasteiger partial charge in [0.1, 0.15) is 0 Å². The molecule has 3 heteroatoms. The molecule has 0 aromatic carbocycles. The van der Waals surface area contributed by atoms with E-state index in [1.807, 2.05) is 0 Å². The lowest BCUT2D eigenvalue weighted by atomic mass is 10.5. The summed E-state index contributed by atoms with van der Waals surface area (Å²) in [5, 5.41) is 7.80. The molecule has 0 heterocycles. The number of hydrogen-bond acceptors (Lipinski definition) is 1. The molecule has 0 fully saturated rings. The summed E-state index contributed by atoms with van der Waals surface area (Å²) in [5.74, 6) is 0.178. The van der Waals surface area contributed by atoms with Crippen LogP contribution >= 0.6 is 11.6 Å². The highest BCUT2D eigenvalue weighted by Gasteiger charge is 1.93. The van der Waals surface area contributed by atoms with Crippen molar-refractivity contribution in [2.24, 2.45) is 0 Å². The maximum absolute atomic E-state index is 11.2. The van der Waals surface area contributed by atoms with Gasteiger partial charge < -0.3 is 5.11 Å². The first-order chi connectivity index (χ1) is 2.77. The molecule has 0 saturated carbocycles. The van der Waals surface area contributed by atoms with Crippen LogP contribution in [0, 0.1) is 0 Å². The molecule has 38 valence electrons. The van der Waals surface area contributed by atoms with Crippen molar-refractivity contribution >= 4 is 11.6 Å². The fourth-order valence-electron chi connectivity index (χ4n) is 0.0900. The second-order valence-corrected chi connectivity index (χ2v) is 1.29. The van der Waals surface area contributed by atoms with Crippen molar-refractivity contribution in [2.45, 2.75) is 12.8 Å². The van der Waals surface area contributed by atoms with Gasteiger partial charge in [0.05, 0.1) is 0 Å². The van der Waals surface area contributed by atoms with Gasteiger partial charge in [-0.3, -0.25) is 0 Å². The Balaban J connectivity index is 2.63. The molecule has 0 radical (unpaired) electrons. The third kappa shape index (κ3) is 4.18. The van der Waals surface area contributed by atoms with Gasteiger partial charge in [-0.1, -0.05) is 0 Å². The Labute approximate surface area is 40.7 Å². The van der Waals surface area contributed by atoms with Crippen molar-refractivity contribution in [2.75, 3.05) is 5.88 Å². The van der Waals surface area contributed by atoms with Gasteiger partial charge in [-0.05, 0) is 0 Å². The topological polar surface area (TPSA) is 20.2 Å². The fourth-order valence-corrected chi connectivity index (χ4v) is 0.270. The zero-order valence-electron chi connectivity index (χ0n) is 3.19. The van der Waals surface area contributed by atoms with Crippen LogP contribution in [0.25, 0.3) is 0 Å². The van der Waals surface area contributed by atoms with E-state index < -0.39 is 6.36 Å². The van der Waals surface area contributed by atoms with E-state index >= 15 is 0 Å². The first-order valence-corrected chi connectivity index (χ1v) is 2.19. The van der Waals surface area contributed by atoms with Gasteiger partial charge >= 0.3 is 0 Å². The molecule has 1 atom stereocenters. The number of aliphatic hydroxyl groups excluding tert-OH is 1. The Hall–Kier alpha value is 0.180. The number of alkyl halides is 2. The lowest BCUT2D eigenvalue weighted by Gasteiger charge is -1.90. The van der Waals surface area contributed by atoms with Crippen molar-refractivity contribution in [1.29, 1.82) is 0 Å². The van der Waals surface area contributed by atoms with Crippen LogP contribution in [0.3, 0.4) is 0 Å². The molecular formula is C3H6ClFO. The van der Waals surface area contributed by atoms with Gasteiger partial charge in [-0.15, -0.1) is 11.6 Å². The van der Waals surface area contributed by atoms with Crippen LogP contribution in [0.2, 0.25) is 0 Å². The van der Waals surface area contributed by atoms with Gasteiger partial charge in [-0.25, -0.2) is 4.39 Å². The van der Waals surface area contributed by atoms with E-state index in [1.165, 1.54) is 0 Å². The lowest BCUT2D eigenvalue weighted by Crippen LogP contribution is -1.95. The van der Waals surface area contributed by atoms with Gasteiger partial charge in [0, 0.05) is 12.3 Å². The molecule has 0 aliphatic rings. The normalized spacial score (nSPS) is 14.5. The molecule has 0 amide bonds. The van der Waals surface area contributed by atoms with Crippen molar-refractivity contribution in [3.63, 3.8) is 0 Å². The highest BCUT2D eigenvalue weighted by atomic mass is 35.5. The maximum atomic E-state index is 11.2. The standard InChI is InChI=1S/C3H6ClFO/c4-2-1-3(5)6/h3,6H,1-2H2. The summed E-state index contributed by atoms with van der Waals surface area (Å²) >= 11 is 5.00. The third-order valence-corrected chi connectivity index (χ3v) is 0.566. The summed E-state index contributed by atoms with van der Waals surface area (Å²) in [6, 6.07) is 0. The lowest BCUT2D eigenvalue weighted by molar-refractivity contribution is 0.0399. The summed E-state index contributed by atoms with van der Waals surface area (Å²) < 4.78 is 11.2. The molecule has 0 aromatic rings. The Morgan fingerprint density at radius 3 is 2.33 bits per heavy atom. The Morgan fingerprint density at radius 2 is 2.33 bits per heavy atom. The minimum absolute atomic E-state index is 0.0293. The van der Waals surface area contributed by atoms with Crippen LogP contribution in [0.15, 0.2) is 0 Å². The average molecular weight is 113 g/mol. The predicted molar refractivity (Wildman–Crippen MR) is 22.5 cm³/mol. The Morgan fingerprint density at radius 1 is 1.83 bits per heavy atom. The van der Waals surface area contributed by atoms with Crippen molar-refractivity contribution in [3.05, 3.63) is 0 Å². The highest BCUT2D eigenvalue weighted by Crippen LogP contribution is 1.92. The van der Waals surface area contributed by atoms with Crippen LogP contribution in [0.4, 0.5) is 4.39 Å². The molecule has 0 bridgehead atoms. The number of hydrogen-bond donors (Lipinski definition) is 1. The van der Waals surface area contributed by atoms with Crippen LogP contribution in [0.5, 0.6) is 0 Å². The zero-order valence-corrected chi connectivity index (χ0v) is 3.95. The van der Waals surface area contributed by atoms with Gasteiger partial charge in [0.15, 0.2) is 6.36 Å². The second-order valence-electron chi connectivity index (χ2n) is 0.912. The maximum Gasteiger partial charge on any atom is 0.197 e. The first-order valence-electron chi connectivity index (χ1n) is 1.65. The average Bonchev–Trinajstić information content (AvgIpc) is 1.35. The smallest absolute Gasteiger partial charge is 0.197 e. The molecule has 1 nitrogen and oxygen atoms in total. The van der Waals surface area contributed by atoms with Crippen molar-refractivity contribution in [1.82, 2.24) is 0 Å². The zero-order chi connectivity index (χ0) is 4.99. The predicted octanol–water partition coefficient (Wildman–Crippen LogP) is 0.903. The van der Waals surface area contributed by atoms with E-state index in [2.05, 4.69) is 0 Å². The minimum Gasteiger partial charge on any atom is -0.364 e. The molecule has 0 spiro atoms. The number of aliphatic hydroxyl groups is 1. The van der Waals surface area contributed by atoms with Gasteiger partial charge in [0.2, 0.25) is 0 Å². The SMILES string of the molecule is OC(F)CCCl. The summed E-state index contributed by atoms with van der Waals surface area (Å²) in [6.07, 6.45) is -1.70. The molecule has 0 saturated heterocycles. The largest absolute Gasteiger partial charge is 0.364 e. The summed E-state index contributed by atoms with van der Waals surface area (Å²) in [4.78, 5) is 0.